The molecule has 1 N–H and O–H groups in total. The number of aryl methyl sites for hydroxylation is 1. The monoisotopic (exact) mass is 223 g/mol. The first-order valence-corrected chi connectivity index (χ1v) is 5.07. The highest BCUT2D eigenvalue weighted by Crippen LogP contribution is 2.23. The summed E-state index contributed by atoms with van der Waals surface area (Å²) in [5, 5.41) is 2.25. The van der Waals surface area contributed by atoms with E-state index in [9.17, 15) is 0 Å². The maximum atomic E-state index is 3.49. The quantitative estimate of drug-likeness (QED) is 0.714. The van der Waals surface area contributed by atoms with Gasteiger partial charge in [0.1, 0.15) is 0 Å². The van der Waals surface area contributed by atoms with E-state index in [0.717, 1.165) is 5.33 Å². The van der Waals surface area contributed by atoms with E-state index in [4.69, 9.17) is 0 Å². The van der Waals surface area contributed by atoms with Crippen LogP contribution in [0.3, 0.4) is 0 Å². The lowest BCUT2D eigenvalue weighted by atomic mass is 10.2. The molecule has 2 aromatic rings. The summed E-state index contributed by atoms with van der Waals surface area (Å²) in [6.07, 6.45) is 0. The number of rotatable bonds is 1. The van der Waals surface area contributed by atoms with Crippen molar-refractivity contribution in [2.75, 3.05) is 0 Å². The molecule has 0 saturated carbocycles. The van der Waals surface area contributed by atoms with Gasteiger partial charge in [-0.1, -0.05) is 34.1 Å². The number of nitrogens with one attached hydrogen (secondary N) is 1. The van der Waals surface area contributed by atoms with Crippen LogP contribution in [0.15, 0.2) is 24.3 Å². The zero-order valence-electron chi connectivity index (χ0n) is 6.89. The molecule has 0 radical (unpaired) electrons. The SMILES string of the molecule is Cc1[nH]c2ccccc2c1CBr. The largest absolute Gasteiger partial charge is 0.358 e. The van der Waals surface area contributed by atoms with E-state index in [1.54, 1.807) is 0 Å². The minimum atomic E-state index is 0.919. The van der Waals surface area contributed by atoms with Crippen molar-refractivity contribution in [3.8, 4) is 0 Å². The number of hydrogen-bond donors (Lipinski definition) is 1. The minimum absolute atomic E-state index is 0.919. The van der Waals surface area contributed by atoms with Crippen molar-refractivity contribution >= 4 is 26.8 Å². The number of para-hydroxylation sites is 1. The Kier molecular flexibility index (Phi) is 1.93. The average molecular weight is 224 g/mol. The molecular formula is C10H10BrN. The van der Waals surface area contributed by atoms with Crippen LogP contribution in [0.5, 0.6) is 0 Å². The summed E-state index contributed by atoms with van der Waals surface area (Å²) in [7, 11) is 0. The van der Waals surface area contributed by atoms with E-state index in [2.05, 4.69) is 52.1 Å². The van der Waals surface area contributed by atoms with Crippen LogP contribution in [0.25, 0.3) is 10.9 Å². The Bertz CT molecular complexity index is 403. The number of benzene rings is 1. The van der Waals surface area contributed by atoms with Crippen molar-refractivity contribution in [2.45, 2.75) is 12.3 Å². The second-order valence-corrected chi connectivity index (χ2v) is 3.47. The fourth-order valence-corrected chi connectivity index (χ4v) is 2.23. The van der Waals surface area contributed by atoms with E-state index in [0.29, 0.717) is 0 Å². The first kappa shape index (κ1) is 7.87. The number of aromatic amines is 1. The van der Waals surface area contributed by atoms with Crippen molar-refractivity contribution in [3.05, 3.63) is 35.5 Å². The molecule has 62 valence electrons. The molecule has 0 atom stereocenters. The van der Waals surface area contributed by atoms with Gasteiger partial charge < -0.3 is 4.98 Å². The van der Waals surface area contributed by atoms with Crippen molar-refractivity contribution in [3.63, 3.8) is 0 Å². The van der Waals surface area contributed by atoms with Gasteiger partial charge in [-0.25, -0.2) is 0 Å². The smallest absolute Gasteiger partial charge is 0.0459 e. The molecule has 0 aliphatic heterocycles. The van der Waals surface area contributed by atoms with E-state index >= 15 is 0 Å². The highest BCUT2D eigenvalue weighted by Gasteiger charge is 2.04. The number of hydrogen-bond acceptors (Lipinski definition) is 0. The minimum Gasteiger partial charge on any atom is -0.358 e. The van der Waals surface area contributed by atoms with Gasteiger partial charge in [0.25, 0.3) is 0 Å². The lowest BCUT2D eigenvalue weighted by Crippen LogP contribution is -1.77. The average Bonchev–Trinajstić information content (AvgIpc) is 2.40. The Morgan fingerprint density at radius 3 is 2.83 bits per heavy atom. The van der Waals surface area contributed by atoms with Gasteiger partial charge >= 0.3 is 0 Å². The number of fused-ring (bicyclic) bond motifs is 1. The molecule has 0 fully saturated rings. The van der Waals surface area contributed by atoms with E-state index < -0.39 is 0 Å². The third kappa shape index (κ3) is 1.07. The van der Waals surface area contributed by atoms with Crippen LogP contribution in [0.2, 0.25) is 0 Å². The van der Waals surface area contributed by atoms with Gasteiger partial charge in [-0.3, -0.25) is 0 Å². The standard InChI is InChI=1S/C10H10BrN/c1-7-9(6-11)8-4-2-3-5-10(8)12-7/h2-5,12H,6H2,1H3. The molecule has 0 bridgehead atoms. The summed E-state index contributed by atoms with van der Waals surface area (Å²) in [4.78, 5) is 3.35. The predicted molar refractivity (Wildman–Crippen MR) is 55.7 cm³/mol. The molecule has 12 heavy (non-hydrogen) atoms. The van der Waals surface area contributed by atoms with Crippen molar-refractivity contribution in [2.24, 2.45) is 0 Å². The fraction of sp³-hybridized carbons (Fsp3) is 0.200. The molecule has 0 aliphatic carbocycles. The zero-order chi connectivity index (χ0) is 8.55. The highest BCUT2D eigenvalue weighted by molar-refractivity contribution is 9.08. The highest BCUT2D eigenvalue weighted by atomic mass is 79.9. The Morgan fingerprint density at radius 1 is 1.33 bits per heavy atom. The van der Waals surface area contributed by atoms with Gasteiger partial charge in [0.2, 0.25) is 0 Å². The number of aromatic nitrogens is 1. The first-order chi connectivity index (χ1) is 5.83. The van der Waals surface area contributed by atoms with Crippen LogP contribution >= 0.6 is 15.9 Å². The van der Waals surface area contributed by atoms with Gasteiger partial charge in [-0.15, -0.1) is 0 Å². The normalized spacial score (nSPS) is 10.8. The molecular weight excluding hydrogens is 214 g/mol. The third-order valence-electron chi connectivity index (χ3n) is 2.16. The van der Waals surface area contributed by atoms with Crippen molar-refractivity contribution < 1.29 is 0 Å². The van der Waals surface area contributed by atoms with Gasteiger partial charge in [0.15, 0.2) is 0 Å². The number of H-pyrrole nitrogens is 1. The summed E-state index contributed by atoms with van der Waals surface area (Å²) in [5.41, 5.74) is 3.85. The van der Waals surface area contributed by atoms with Crippen LogP contribution in [-0.2, 0) is 5.33 Å². The Balaban J connectivity index is 2.81. The predicted octanol–water partition coefficient (Wildman–Crippen LogP) is 3.37. The Morgan fingerprint density at radius 2 is 2.08 bits per heavy atom. The molecule has 1 nitrogen and oxygen atoms in total. The molecule has 1 aromatic heterocycles. The fourth-order valence-electron chi connectivity index (χ4n) is 1.51. The molecule has 0 aliphatic rings. The summed E-state index contributed by atoms with van der Waals surface area (Å²) in [6.45, 7) is 2.11. The Labute approximate surface area is 79.9 Å². The van der Waals surface area contributed by atoms with Gasteiger partial charge in [-0.05, 0) is 18.6 Å². The maximum absolute atomic E-state index is 3.49. The second kappa shape index (κ2) is 2.94. The summed E-state index contributed by atoms with van der Waals surface area (Å²) in [6, 6.07) is 8.38. The van der Waals surface area contributed by atoms with Crippen LogP contribution < -0.4 is 0 Å². The van der Waals surface area contributed by atoms with Gasteiger partial charge in [0.05, 0.1) is 0 Å². The molecule has 1 aromatic carbocycles. The second-order valence-electron chi connectivity index (χ2n) is 2.91. The van der Waals surface area contributed by atoms with Crippen LogP contribution in [0.4, 0.5) is 0 Å². The number of alkyl halides is 1. The first-order valence-electron chi connectivity index (χ1n) is 3.95. The van der Waals surface area contributed by atoms with E-state index in [1.165, 1.54) is 22.2 Å². The summed E-state index contributed by atoms with van der Waals surface area (Å²) < 4.78 is 0. The third-order valence-corrected chi connectivity index (χ3v) is 2.72. The molecule has 0 unspecified atom stereocenters. The molecule has 0 amide bonds. The van der Waals surface area contributed by atoms with E-state index in [-0.39, 0.29) is 0 Å². The Hall–Kier alpha value is -0.760. The topological polar surface area (TPSA) is 15.8 Å². The maximum Gasteiger partial charge on any atom is 0.0459 e. The van der Waals surface area contributed by atoms with Crippen LogP contribution in [0.1, 0.15) is 11.3 Å². The van der Waals surface area contributed by atoms with Crippen molar-refractivity contribution in [1.29, 1.82) is 0 Å². The van der Waals surface area contributed by atoms with E-state index in [1.807, 2.05) is 0 Å². The number of halogens is 1. The lowest BCUT2D eigenvalue weighted by Gasteiger charge is -1.92. The van der Waals surface area contributed by atoms with Gasteiger partial charge in [-0.2, -0.15) is 0 Å². The summed E-state index contributed by atoms with van der Waals surface area (Å²) >= 11 is 3.49. The zero-order valence-corrected chi connectivity index (χ0v) is 8.48. The van der Waals surface area contributed by atoms with Gasteiger partial charge in [0, 0.05) is 21.9 Å². The molecule has 1 heterocycles. The van der Waals surface area contributed by atoms with Crippen molar-refractivity contribution in [1.82, 2.24) is 4.98 Å². The van der Waals surface area contributed by atoms with Crippen LogP contribution in [0, 0.1) is 6.92 Å². The lowest BCUT2D eigenvalue weighted by molar-refractivity contribution is 1.25. The van der Waals surface area contributed by atoms with Crippen LogP contribution in [-0.4, -0.2) is 4.98 Å². The summed E-state index contributed by atoms with van der Waals surface area (Å²) in [5.74, 6) is 0. The molecule has 2 heteroatoms. The molecule has 0 spiro atoms. The molecule has 2 rings (SSSR count). The molecule has 0 saturated heterocycles.